The largest absolute Gasteiger partial charge is 0.0998 e. The Kier molecular flexibility index (Phi) is 3.01. The molecule has 5 aliphatic carbocycles. The molecule has 5 rings (SSSR count). The number of hydrogen-bond acceptors (Lipinski definition) is 0. The van der Waals surface area contributed by atoms with Gasteiger partial charge in [0.1, 0.15) is 0 Å². The van der Waals surface area contributed by atoms with Crippen molar-refractivity contribution in [2.45, 2.75) is 91.9 Å². The maximum absolute atomic E-state index is 4.41. The average molecular weight is 327 g/mol. The maximum Gasteiger partial charge on any atom is -0.0152 e. The van der Waals surface area contributed by atoms with Crippen LogP contribution in [0.1, 0.15) is 91.9 Å². The van der Waals surface area contributed by atoms with E-state index in [0.717, 1.165) is 34.5 Å². The van der Waals surface area contributed by atoms with Crippen molar-refractivity contribution in [2.24, 2.45) is 45.3 Å². The third-order valence-electron chi connectivity index (χ3n) is 10.9. The molecule has 0 bridgehead atoms. The minimum absolute atomic E-state index is 0.590. The Morgan fingerprint density at radius 3 is 2.42 bits per heavy atom. The zero-order valence-electron chi connectivity index (χ0n) is 16.6. The average Bonchev–Trinajstić information content (AvgIpc) is 2.79. The molecule has 0 radical (unpaired) electrons. The van der Waals surface area contributed by atoms with E-state index < -0.39 is 0 Å². The van der Waals surface area contributed by atoms with Gasteiger partial charge in [0, 0.05) is 0 Å². The molecule has 2 spiro atoms. The molecule has 0 saturated heterocycles. The van der Waals surface area contributed by atoms with Crippen molar-refractivity contribution < 1.29 is 0 Å². The molecule has 0 heteroatoms. The predicted octanol–water partition coefficient (Wildman–Crippen LogP) is 7.00. The van der Waals surface area contributed by atoms with Crippen molar-refractivity contribution in [1.82, 2.24) is 0 Å². The minimum Gasteiger partial charge on any atom is -0.0998 e. The molecule has 5 fully saturated rings. The first-order valence-corrected chi connectivity index (χ1v) is 11.0. The van der Waals surface area contributed by atoms with Crippen LogP contribution in [0.25, 0.3) is 0 Å². The van der Waals surface area contributed by atoms with Crippen molar-refractivity contribution in [3.63, 3.8) is 0 Å². The van der Waals surface area contributed by atoms with Gasteiger partial charge < -0.3 is 0 Å². The zero-order chi connectivity index (χ0) is 17.0. The molecule has 0 aromatic rings. The van der Waals surface area contributed by atoms with Crippen LogP contribution in [0.2, 0.25) is 0 Å². The van der Waals surface area contributed by atoms with E-state index >= 15 is 0 Å². The lowest BCUT2D eigenvalue weighted by atomic mass is 9.58. The number of allylic oxidation sites excluding steroid dienone is 1. The molecule has 0 amide bonds. The number of rotatable bonds is 2. The minimum atomic E-state index is 0.590. The van der Waals surface area contributed by atoms with Crippen LogP contribution < -0.4 is 0 Å². The fraction of sp³-hybridized carbons (Fsp3) is 0.917. The molecule has 0 aliphatic heterocycles. The number of hydrogen-bond donors (Lipinski definition) is 0. The Labute approximate surface area is 149 Å². The van der Waals surface area contributed by atoms with Gasteiger partial charge in [0.15, 0.2) is 0 Å². The van der Waals surface area contributed by atoms with Gasteiger partial charge in [-0.3, -0.25) is 0 Å². The molecular weight excluding hydrogens is 288 g/mol. The summed E-state index contributed by atoms with van der Waals surface area (Å²) < 4.78 is 0. The highest BCUT2D eigenvalue weighted by Gasteiger charge is 2.86. The van der Waals surface area contributed by atoms with Crippen molar-refractivity contribution in [3.05, 3.63) is 12.2 Å². The summed E-state index contributed by atoms with van der Waals surface area (Å²) in [6.45, 7) is 14.4. The SMILES string of the molecule is C=C(C)C1CC[C@@H]2C1(C)CCC1C34CC[C@](C)(CC)CC3CCC124. The van der Waals surface area contributed by atoms with E-state index in [4.69, 9.17) is 0 Å². The highest BCUT2D eigenvalue weighted by molar-refractivity contribution is 5.34. The van der Waals surface area contributed by atoms with E-state index in [1.165, 1.54) is 37.7 Å². The quantitative estimate of drug-likeness (QED) is 0.479. The molecule has 0 aromatic carbocycles. The molecule has 8 atom stereocenters. The molecule has 24 heavy (non-hydrogen) atoms. The third-order valence-corrected chi connectivity index (χ3v) is 10.9. The normalized spacial score (nSPS) is 60.8. The molecule has 6 unspecified atom stereocenters. The second kappa shape index (κ2) is 4.52. The monoisotopic (exact) mass is 326 g/mol. The fourth-order valence-electron chi connectivity index (χ4n) is 9.86. The van der Waals surface area contributed by atoms with Crippen LogP contribution in [-0.2, 0) is 0 Å². The van der Waals surface area contributed by atoms with Crippen LogP contribution in [0.3, 0.4) is 0 Å². The van der Waals surface area contributed by atoms with Crippen molar-refractivity contribution in [2.75, 3.05) is 0 Å². The maximum atomic E-state index is 4.41. The fourth-order valence-corrected chi connectivity index (χ4v) is 9.86. The molecule has 134 valence electrons. The van der Waals surface area contributed by atoms with Crippen LogP contribution in [0.15, 0.2) is 12.2 Å². The topological polar surface area (TPSA) is 0 Å². The second-order valence-electron chi connectivity index (χ2n) is 11.3. The summed E-state index contributed by atoms with van der Waals surface area (Å²) in [4.78, 5) is 0. The first-order valence-electron chi connectivity index (χ1n) is 11.0. The molecule has 5 saturated carbocycles. The van der Waals surface area contributed by atoms with Gasteiger partial charge in [0.2, 0.25) is 0 Å². The number of fused-ring (bicyclic) bond motifs is 1. The summed E-state index contributed by atoms with van der Waals surface area (Å²) in [5.41, 5.74) is 4.32. The molecule has 5 aliphatic rings. The molecular formula is C24H38. The van der Waals surface area contributed by atoms with Crippen LogP contribution in [0.5, 0.6) is 0 Å². The summed E-state index contributed by atoms with van der Waals surface area (Å²) in [5, 5.41) is 0. The zero-order valence-corrected chi connectivity index (χ0v) is 16.6. The van der Waals surface area contributed by atoms with E-state index in [1.54, 1.807) is 32.1 Å². The van der Waals surface area contributed by atoms with E-state index in [0.29, 0.717) is 10.8 Å². The van der Waals surface area contributed by atoms with Gasteiger partial charge in [-0.05, 0) is 110 Å². The molecule has 0 heterocycles. The van der Waals surface area contributed by atoms with Gasteiger partial charge in [-0.25, -0.2) is 0 Å². The van der Waals surface area contributed by atoms with Gasteiger partial charge >= 0.3 is 0 Å². The van der Waals surface area contributed by atoms with E-state index in [1.807, 2.05) is 0 Å². The van der Waals surface area contributed by atoms with Crippen molar-refractivity contribution >= 4 is 0 Å². The van der Waals surface area contributed by atoms with Gasteiger partial charge in [-0.2, -0.15) is 0 Å². The molecule has 0 N–H and O–H groups in total. The first kappa shape index (κ1) is 16.0. The van der Waals surface area contributed by atoms with Gasteiger partial charge in [0.05, 0.1) is 0 Å². The second-order valence-corrected chi connectivity index (χ2v) is 11.3. The summed E-state index contributed by atoms with van der Waals surface area (Å²) in [6.07, 6.45) is 15.2. The van der Waals surface area contributed by atoms with Crippen molar-refractivity contribution in [3.8, 4) is 0 Å². The Balaban J connectivity index is 1.51. The van der Waals surface area contributed by atoms with E-state index in [9.17, 15) is 0 Å². The summed E-state index contributed by atoms with van der Waals surface area (Å²) in [5.74, 6) is 4.04. The van der Waals surface area contributed by atoms with Gasteiger partial charge in [-0.1, -0.05) is 39.3 Å². The van der Waals surface area contributed by atoms with Crippen molar-refractivity contribution in [1.29, 1.82) is 0 Å². The highest BCUT2D eigenvalue weighted by atomic mass is 14.9. The Morgan fingerprint density at radius 1 is 0.917 bits per heavy atom. The van der Waals surface area contributed by atoms with E-state index in [-0.39, 0.29) is 0 Å². The highest BCUT2D eigenvalue weighted by Crippen LogP contribution is 2.92. The Hall–Kier alpha value is -0.260. The van der Waals surface area contributed by atoms with Crippen LogP contribution in [0, 0.1) is 45.3 Å². The van der Waals surface area contributed by atoms with Crippen LogP contribution >= 0.6 is 0 Å². The molecule has 0 nitrogen and oxygen atoms in total. The lowest BCUT2D eigenvalue weighted by molar-refractivity contribution is 0.0382. The summed E-state index contributed by atoms with van der Waals surface area (Å²) in [6, 6.07) is 0. The van der Waals surface area contributed by atoms with Gasteiger partial charge in [0.25, 0.3) is 0 Å². The predicted molar refractivity (Wildman–Crippen MR) is 102 cm³/mol. The summed E-state index contributed by atoms with van der Waals surface area (Å²) >= 11 is 0. The Morgan fingerprint density at radius 2 is 1.71 bits per heavy atom. The summed E-state index contributed by atoms with van der Waals surface area (Å²) in [7, 11) is 0. The van der Waals surface area contributed by atoms with Crippen LogP contribution in [-0.4, -0.2) is 0 Å². The Bertz CT molecular complexity index is 589. The lowest BCUT2D eigenvalue weighted by Gasteiger charge is -2.46. The smallest absolute Gasteiger partial charge is 0.0152 e. The standard InChI is InChI=1S/C24H38/c1-6-21(4)13-14-23-17(15-21)9-12-24(23)19-8-7-18(16(2)3)22(19,5)11-10-20(23)24/h17-20H,2,6-15H2,1,3-5H3/t17?,18?,19-,20?,21+,22?,23?,24?/m1/s1. The van der Waals surface area contributed by atoms with Crippen LogP contribution in [0.4, 0.5) is 0 Å². The third kappa shape index (κ3) is 1.51. The van der Waals surface area contributed by atoms with Gasteiger partial charge in [-0.15, -0.1) is 0 Å². The molecule has 0 aromatic heterocycles. The lowest BCUT2D eigenvalue weighted by Crippen LogP contribution is -2.39. The van der Waals surface area contributed by atoms with E-state index in [2.05, 4.69) is 34.3 Å². The first-order chi connectivity index (χ1) is 11.3.